The van der Waals surface area contributed by atoms with E-state index in [4.69, 9.17) is 16.3 Å². The zero-order valence-corrected chi connectivity index (χ0v) is 18.7. The largest absolute Gasteiger partial charge is 0.463 e. The average molecular weight is 414 g/mol. The second-order valence-corrected chi connectivity index (χ2v) is 9.18. The van der Waals surface area contributed by atoms with Crippen molar-refractivity contribution in [3.05, 3.63) is 69.7 Å². The van der Waals surface area contributed by atoms with E-state index in [9.17, 15) is 4.79 Å². The Hall–Kier alpha value is -1.84. The minimum absolute atomic E-state index is 0.00701. The van der Waals surface area contributed by atoms with E-state index in [-0.39, 0.29) is 12.1 Å². The molecule has 156 valence electrons. The quantitative estimate of drug-likeness (QED) is 0.576. The molecular formula is C25H32ClNO2. The number of aryl methyl sites for hydroxylation is 1. The zero-order chi connectivity index (χ0) is 21.0. The topological polar surface area (TPSA) is 29.5 Å². The molecular weight excluding hydrogens is 382 g/mol. The van der Waals surface area contributed by atoms with Crippen LogP contribution >= 0.6 is 11.6 Å². The van der Waals surface area contributed by atoms with Crippen molar-refractivity contribution < 1.29 is 9.53 Å². The highest BCUT2D eigenvalue weighted by molar-refractivity contribution is 6.31. The summed E-state index contributed by atoms with van der Waals surface area (Å²) in [5.74, 6) is 0.715. The Morgan fingerprint density at radius 2 is 1.83 bits per heavy atom. The van der Waals surface area contributed by atoms with Gasteiger partial charge in [-0.15, -0.1) is 0 Å². The van der Waals surface area contributed by atoms with Crippen LogP contribution in [0.15, 0.2) is 42.5 Å². The van der Waals surface area contributed by atoms with Gasteiger partial charge in [-0.1, -0.05) is 53.6 Å². The van der Waals surface area contributed by atoms with Crippen molar-refractivity contribution >= 4 is 17.6 Å². The molecule has 0 bridgehead atoms. The smallest absolute Gasteiger partial charge is 0.302 e. The minimum atomic E-state index is -0.185. The van der Waals surface area contributed by atoms with E-state index in [0.717, 1.165) is 42.8 Å². The molecule has 1 aliphatic rings. The first-order valence-corrected chi connectivity index (χ1v) is 10.8. The molecule has 3 unspecified atom stereocenters. The number of nitrogens with zero attached hydrogens (tertiary/aromatic N) is 1. The van der Waals surface area contributed by atoms with Crippen LogP contribution in [0, 0.1) is 12.8 Å². The Morgan fingerprint density at radius 1 is 1.10 bits per heavy atom. The first-order chi connectivity index (χ1) is 13.8. The monoisotopic (exact) mass is 413 g/mol. The molecule has 3 atom stereocenters. The third-order valence-corrected chi connectivity index (χ3v) is 6.14. The van der Waals surface area contributed by atoms with E-state index in [0.29, 0.717) is 11.8 Å². The Morgan fingerprint density at radius 3 is 2.48 bits per heavy atom. The molecule has 3 rings (SSSR count). The number of carbonyl (C=O) groups is 1. The van der Waals surface area contributed by atoms with Gasteiger partial charge >= 0.3 is 5.97 Å². The highest BCUT2D eigenvalue weighted by atomic mass is 35.5. The van der Waals surface area contributed by atoms with E-state index < -0.39 is 0 Å². The molecule has 3 nitrogen and oxygen atoms in total. The average Bonchev–Trinajstić information content (AvgIpc) is 2.64. The van der Waals surface area contributed by atoms with Gasteiger partial charge in [0.1, 0.15) is 6.10 Å². The molecule has 2 aromatic rings. The molecule has 0 aliphatic heterocycles. The molecule has 0 N–H and O–H groups in total. The van der Waals surface area contributed by atoms with Crippen LogP contribution in [-0.4, -0.2) is 37.6 Å². The fourth-order valence-corrected chi connectivity index (χ4v) is 4.74. The molecule has 1 saturated carbocycles. The van der Waals surface area contributed by atoms with Gasteiger partial charge in [-0.05, 0) is 81.3 Å². The molecule has 0 amide bonds. The van der Waals surface area contributed by atoms with Crippen molar-refractivity contribution in [2.75, 3.05) is 20.6 Å². The Bertz CT molecular complexity index is 831. The number of carbonyl (C=O) groups excluding carboxylic acids is 1. The van der Waals surface area contributed by atoms with Crippen LogP contribution < -0.4 is 0 Å². The molecule has 0 heterocycles. The standard InChI is InChI=1S/C25H32ClNO2/c1-17-5-7-19(8-6-17)11-23-14-21(9-10-25(23)26)22-12-20(16-27(3)4)13-24(15-22)29-18(2)28/h5-10,14,20,22,24H,11-13,15-16H2,1-4H3. The second-order valence-electron chi connectivity index (χ2n) is 8.78. The molecule has 4 heteroatoms. The minimum Gasteiger partial charge on any atom is -0.463 e. The molecule has 0 aromatic heterocycles. The molecule has 0 spiro atoms. The molecule has 0 radical (unpaired) electrons. The van der Waals surface area contributed by atoms with E-state index in [1.54, 1.807) is 0 Å². The third-order valence-electron chi connectivity index (χ3n) is 5.77. The van der Waals surface area contributed by atoms with Gasteiger partial charge < -0.3 is 9.64 Å². The normalized spacial score (nSPS) is 21.9. The van der Waals surface area contributed by atoms with E-state index in [1.165, 1.54) is 23.6 Å². The van der Waals surface area contributed by atoms with Crippen molar-refractivity contribution in [2.45, 2.75) is 51.6 Å². The summed E-state index contributed by atoms with van der Waals surface area (Å²) in [6.45, 7) is 4.62. The van der Waals surface area contributed by atoms with Gasteiger partial charge in [-0.3, -0.25) is 4.79 Å². The number of ether oxygens (including phenoxy) is 1. The van der Waals surface area contributed by atoms with Crippen LogP contribution in [0.4, 0.5) is 0 Å². The maximum absolute atomic E-state index is 11.6. The molecule has 1 aliphatic carbocycles. The SMILES string of the molecule is CC(=O)OC1CC(CN(C)C)CC(c2ccc(Cl)c(Cc3ccc(C)cc3)c2)C1. The van der Waals surface area contributed by atoms with E-state index in [1.807, 2.05) is 6.07 Å². The van der Waals surface area contributed by atoms with Gasteiger partial charge in [0.15, 0.2) is 0 Å². The predicted molar refractivity (Wildman–Crippen MR) is 120 cm³/mol. The van der Waals surface area contributed by atoms with Crippen LogP contribution in [0.3, 0.4) is 0 Å². The summed E-state index contributed by atoms with van der Waals surface area (Å²) >= 11 is 6.54. The predicted octanol–water partition coefficient (Wildman–Crippen LogP) is 5.62. The number of halogens is 1. The van der Waals surface area contributed by atoms with Gasteiger partial charge in [0.25, 0.3) is 0 Å². The van der Waals surface area contributed by atoms with Crippen LogP contribution in [-0.2, 0) is 16.0 Å². The second kappa shape index (κ2) is 9.77. The highest BCUT2D eigenvalue weighted by Gasteiger charge is 2.32. The summed E-state index contributed by atoms with van der Waals surface area (Å²) in [6, 6.07) is 15.1. The van der Waals surface area contributed by atoms with E-state index in [2.05, 4.69) is 62.3 Å². The van der Waals surface area contributed by atoms with Crippen molar-refractivity contribution in [1.29, 1.82) is 0 Å². The summed E-state index contributed by atoms with van der Waals surface area (Å²) in [4.78, 5) is 13.8. The Balaban J connectivity index is 1.81. The fraction of sp³-hybridized carbons (Fsp3) is 0.480. The summed E-state index contributed by atoms with van der Waals surface area (Å²) in [5.41, 5.74) is 4.99. The molecule has 1 fully saturated rings. The molecule has 29 heavy (non-hydrogen) atoms. The van der Waals surface area contributed by atoms with Gasteiger partial charge in [0.2, 0.25) is 0 Å². The number of hydrogen-bond donors (Lipinski definition) is 0. The lowest BCUT2D eigenvalue weighted by Crippen LogP contribution is -2.34. The van der Waals surface area contributed by atoms with Crippen LogP contribution in [0.25, 0.3) is 0 Å². The lowest BCUT2D eigenvalue weighted by atomic mass is 9.76. The summed E-state index contributed by atoms with van der Waals surface area (Å²) < 4.78 is 5.63. The lowest BCUT2D eigenvalue weighted by Gasteiger charge is -2.36. The number of esters is 1. The lowest BCUT2D eigenvalue weighted by molar-refractivity contribution is -0.148. The van der Waals surface area contributed by atoms with Crippen LogP contribution in [0.5, 0.6) is 0 Å². The Labute approximate surface area is 180 Å². The zero-order valence-electron chi connectivity index (χ0n) is 18.0. The van der Waals surface area contributed by atoms with E-state index >= 15 is 0 Å². The van der Waals surface area contributed by atoms with Crippen LogP contribution in [0.1, 0.15) is 54.4 Å². The first kappa shape index (κ1) is 21.9. The highest BCUT2D eigenvalue weighted by Crippen LogP contribution is 2.39. The summed E-state index contributed by atoms with van der Waals surface area (Å²) in [7, 11) is 4.21. The molecule has 0 saturated heterocycles. The van der Waals surface area contributed by atoms with Crippen molar-refractivity contribution in [1.82, 2.24) is 4.90 Å². The number of rotatable bonds is 6. The van der Waals surface area contributed by atoms with Gasteiger partial charge in [0.05, 0.1) is 0 Å². The van der Waals surface area contributed by atoms with Gasteiger partial charge in [-0.2, -0.15) is 0 Å². The van der Waals surface area contributed by atoms with Gasteiger partial charge in [-0.25, -0.2) is 0 Å². The first-order valence-electron chi connectivity index (χ1n) is 10.5. The fourth-order valence-electron chi connectivity index (χ4n) is 4.56. The maximum Gasteiger partial charge on any atom is 0.302 e. The van der Waals surface area contributed by atoms with Crippen LogP contribution in [0.2, 0.25) is 5.02 Å². The number of benzene rings is 2. The summed E-state index contributed by atoms with van der Waals surface area (Å²) in [5, 5.41) is 0.812. The molecule has 2 aromatic carbocycles. The maximum atomic E-state index is 11.6. The van der Waals surface area contributed by atoms with Crippen molar-refractivity contribution in [3.8, 4) is 0 Å². The summed E-state index contributed by atoms with van der Waals surface area (Å²) in [6.07, 6.45) is 3.76. The Kier molecular flexibility index (Phi) is 7.37. The van der Waals surface area contributed by atoms with Crippen molar-refractivity contribution in [2.24, 2.45) is 5.92 Å². The third kappa shape index (κ3) is 6.32. The number of hydrogen-bond acceptors (Lipinski definition) is 3. The van der Waals surface area contributed by atoms with Gasteiger partial charge in [0, 0.05) is 18.5 Å². The van der Waals surface area contributed by atoms with Crippen molar-refractivity contribution in [3.63, 3.8) is 0 Å².